The molecule has 0 unspecified atom stereocenters. The number of aryl methyl sites for hydroxylation is 1. The number of hydrogen-bond donors (Lipinski definition) is 1. The summed E-state index contributed by atoms with van der Waals surface area (Å²) in [7, 11) is 0. The molecule has 0 saturated carbocycles. The van der Waals surface area contributed by atoms with Crippen molar-refractivity contribution in [3.8, 4) is 22.3 Å². The SMILES string of the molecule is Cc1ccc(-c2ccc3c(c2)C(C)(C)c2cc(C(C)(C)Nc4cccc5ccccc45)ccc2-3)cc1. The van der Waals surface area contributed by atoms with Crippen molar-refractivity contribution in [2.24, 2.45) is 0 Å². The summed E-state index contributed by atoms with van der Waals surface area (Å²) in [6.45, 7) is 11.4. The van der Waals surface area contributed by atoms with Crippen molar-refractivity contribution in [1.29, 1.82) is 0 Å². The highest BCUT2D eigenvalue weighted by Gasteiger charge is 2.37. The lowest BCUT2D eigenvalue weighted by atomic mass is 9.80. The first-order valence-corrected chi connectivity index (χ1v) is 12.9. The van der Waals surface area contributed by atoms with Gasteiger partial charge >= 0.3 is 0 Å². The zero-order chi connectivity index (χ0) is 25.1. The van der Waals surface area contributed by atoms with E-state index in [9.17, 15) is 0 Å². The topological polar surface area (TPSA) is 12.0 Å². The molecule has 1 aliphatic rings. The van der Waals surface area contributed by atoms with Gasteiger partial charge in [-0.15, -0.1) is 0 Å². The third kappa shape index (κ3) is 3.62. The lowest BCUT2D eigenvalue weighted by Gasteiger charge is -2.31. The Morgan fingerprint density at radius 2 is 1.28 bits per heavy atom. The molecule has 1 nitrogen and oxygen atoms in total. The van der Waals surface area contributed by atoms with Crippen LogP contribution in [0.3, 0.4) is 0 Å². The highest BCUT2D eigenvalue weighted by atomic mass is 15.0. The second kappa shape index (κ2) is 8.10. The van der Waals surface area contributed by atoms with Gasteiger partial charge in [0.25, 0.3) is 0 Å². The van der Waals surface area contributed by atoms with Crippen molar-refractivity contribution < 1.29 is 0 Å². The molecule has 5 aromatic rings. The summed E-state index contributed by atoms with van der Waals surface area (Å²) in [5, 5.41) is 6.37. The van der Waals surface area contributed by atoms with E-state index < -0.39 is 0 Å². The molecule has 0 heterocycles. The Hall–Kier alpha value is -3.84. The van der Waals surface area contributed by atoms with Crippen LogP contribution in [0.15, 0.2) is 103 Å². The van der Waals surface area contributed by atoms with Crippen molar-refractivity contribution >= 4 is 16.5 Å². The van der Waals surface area contributed by atoms with Crippen molar-refractivity contribution in [1.82, 2.24) is 0 Å². The van der Waals surface area contributed by atoms with Gasteiger partial charge in [0.1, 0.15) is 0 Å². The van der Waals surface area contributed by atoms with E-state index in [0.29, 0.717) is 0 Å². The molecule has 36 heavy (non-hydrogen) atoms. The Morgan fingerprint density at radius 1 is 0.639 bits per heavy atom. The molecule has 178 valence electrons. The van der Waals surface area contributed by atoms with Crippen molar-refractivity contribution in [2.45, 2.75) is 45.6 Å². The van der Waals surface area contributed by atoms with E-state index in [4.69, 9.17) is 0 Å². The fourth-order valence-corrected chi connectivity index (χ4v) is 5.80. The molecule has 1 N–H and O–H groups in total. The van der Waals surface area contributed by atoms with Gasteiger partial charge in [-0.2, -0.15) is 0 Å². The first-order chi connectivity index (χ1) is 17.2. The molecule has 0 amide bonds. The summed E-state index contributed by atoms with van der Waals surface area (Å²) < 4.78 is 0. The zero-order valence-electron chi connectivity index (χ0n) is 21.8. The Bertz CT molecular complexity index is 1600. The highest BCUT2D eigenvalue weighted by molar-refractivity contribution is 5.94. The predicted octanol–water partition coefficient (Wildman–Crippen LogP) is 9.47. The van der Waals surface area contributed by atoms with Crippen LogP contribution in [0.25, 0.3) is 33.0 Å². The molecule has 0 spiro atoms. The molecular formula is C35H33N. The quantitative estimate of drug-likeness (QED) is 0.277. The van der Waals surface area contributed by atoms with E-state index in [2.05, 4.69) is 143 Å². The maximum absolute atomic E-state index is 3.85. The molecule has 6 rings (SSSR count). The highest BCUT2D eigenvalue weighted by Crippen LogP contribution is 2.50. The van der Waals surface area contributed by atoms with Crippen molar-refractivity contribution in [3.63, 3.8) is 0 Å². The second-order valence-electron chi connectivity index (χ2n) is 11.3. The third-order valence-corrected chi connectivity index (χ3v) is 8.02. The number of benzene rings is 5. The smallest absolute Gasteiger partial charge is 0.0569 e. The molecule has 0 radical (unpaired) electrons. The summed E-state index contributed by atoms with van der Waals surface area (Å²) in [4.78, 5) is 0. The Labute approximate surface area is 214 Å². The van der Waals surface area contributed by atoms with Gasteiger partial charge in [0, 0.05) is 16.5 Å². The molecule has 1 aliphatic carbocycles. The maximum atomic E-state index is 3.85. The van der Waals surface area contributed by atoms with Crippen LogP contribution in [-0.2, 0) is 11.0 Å². The minimum absolute atomic E-state index is 0.0586. The van der Waals surface area contributed by atoms with E-state index in [-0.39, 0.29) is 11.0 Å². The summed E-state index contributed by atoms with van der Waals surface area (Å²) in [5.74, 6) is 0. The first kappa shape index (κ1) is 22.6. The van der Waals surface area contributed by atoms with E-state index in [1.54, 1.807) is 0 Å². The Kier molecular flexibility index (Phi) is 5.09. The Balaban J connectivity index is 1.38. The van der Waals surface area contributed by atoms with E-state index >= 15 is 0 Å². The Morgan fingerprint density at radius 3 is 2.06 bits per heavy atom. The summed E-state index contributed by atoms with van der Waals surface area (Å²) in [6.07, 6.45) is 0. The number of anilines is 1. The summed E-state index contributed by atoms with van der Waals surface area (Å²) in [5.41, 5.74) is 11.6. The van der Waals surface area contributed by atoms with Crippen LogP contribution >= 0.6 is 0 Å². The fourth-order valence-electron chi connectivity index (χ4n) is 5.80. The number of nitrogens with one attached hydrogen (secondary N) is 1. The molecule has 0 bridgehead atoms. The monoisotopic (exact) mass is 467 g/mol. The van der Waals surface area contributed by atoms with Gasteiger partial charge in [0.15, 0.2) is 0 Å². The molecule has 0 atom stereocenters. The van der Waals surface area contributed by atoms with Gasteiger partial charge in [0.05, 0.1) is 5.54 Å². The molecule has 0 aliphatic heterocycles. The number of fused-ring (bicyclic) bond motifs is 4. The zero-order valence-corrected chi connectivity index (χ0v) is 21.8. The maximum Gasteiger partial charge on any atom is 0.0569 e. The van der Waals surface area contributed by atoms with Gasteiger partial charge in [-0.3, -0.25) is 0 Å². The van der Waals surface area contributed by atoms with Gasteiger partial charge < -0.3 is 5.32 Å². The van der Waals surface area contributed by atoms with Crippen LogP contribution in [0.1, 0.15) is 49.9 Å². The van der Waals surface area contributed by atoms with Crippen LogP contribution in [0.4, 0.5) is 5.69 Å². The van der Waals surface area contributed by atoms with Crippen LogP contribution in [0, 0.1) is 6.92 Å². The fraction of sp³-hybridized carbons (Fsp3) is 0.200. The van der Waals surface area contributed by atoms with Gasteiger partial charge in [0.2, 0.25) is 0 Å². The second-order valence-corrected chi connectivity index (χ2v) is 11.3. The molecular weight excluding hydrogens is 434 g/mol. The lowest BCUT2D eigenvalue weighted by Crippen LogP contribution is -2.28. The molecule has 0 aromatic heterocycles. The van der Waals surface area contributed by atoms with Crippen molar-refractivity contribution in [2.75, 3.05) is 5.32 Å². The summed E-state index contributed by atoms with van der Waals surface area (Å²) in [6, 6.07) is 38.0. The molecule has 1 heteroatoms. The number of hydrogen-bond acceptors (Lipinski definition) is 1. The standard InChI is InChI=1S/C35H33N/c1-23-13-15-24(16-14-23)26-17-19-29-30-20-18-27(22-32(30)34(2,3)31(29)21-26)35(4,5)36-33-12-8-10-25-9-6-7-11-28(25)33/h6-22,36H,1-5H3. The van der Waals surface area contributed by atoms with Crippen molar-refractivity contribution in [3.05, 3.63) is 125 Å². The third-order valence-electron chi connectivity index (χ3n) is 8.02. The normalized spacial score (nSPS) is 13.9. The van der Waals surface area contributed by atoms with E-state index in [1.165, 1.54) is 61.0 Å². The van der Waals surface area contributed by atoms with Gasteiger partial charge in [-0.05, 0) is 77.2 Å². The van der Waals surface area contributed by atoms with Gasteiger partial charge in [-0.1, -0.05) is 110 Å². The molecule has 5 aromatic carbocycles. The van der Waals surface area contributed by atoms with Crippen LogP contribution in [0.2, 0.25) is 0 Å². The average molecular weight is 468 g/mol. The van der Waals surface area contributed by atoms with E-state index in [1.807, 2.05) is 0 Å². The molecule has 0 fully saturated rings. The minimum atomic E-state index is -0.225. The average Bonchev–Trinajstić information content (AvgIpc) is 3.10. The summed E-state index contributed by atoms with van der Waals surface area (Å²) >= 11 is 0. The van der Waals surface area contributed by atoms with Gasteiger partial charge in [-0.25, -0.2) is 0 Å². The lowest BCUT2D eigenvalue weighted by molar-refractivity contribution is 0.603. The predicted molar refractivity (Wildman–Crippen MR) is 155 cm³/mol. The van der Waals surface area contributed by atoms with Crippen LogP contribution < -0.4 is 5.32 Å². The van der Waals surface area contributed by atoms with E-state index in [0.717, 1.165) is 0 Å². The van der Waals surface area contributed by atoms with Crippen LogP contribution in [-0.4, -0.2) is 0 Å². The van der Waals surface area contributed by atoms with Crippen LogP contribution in [0.5, 0.6) is 0 Å². The minimum Gasteiger partial charge on any atom is -0.376 e. The largest absolute Gasteiger partial charge is 0.376 e. The molecule has 0 saturated heterocycles. The first-order valence-electron chi connectivity index (χ1n) is 12.9. The number of rotatable bonds is 4.